The number of hydrogen-bond acceptors (Lipinski definition) is 3. The molecule has 18 heavy (non-hydrogen) atoms. The molecule has 1 rings (SSSR count). The third-order valence-corrected chi connectivity index (χ3v) is 3.40. The molecule has 0 radical (unpaired) electrons. The molecule has 1 unspecified atom stereocenters. The average molecular weight is 316 g/mol. The van der Waals surface area contributed by atoms with Gasteiger partial charge in [0.15, 0.2) is 0 Å². The van der Waals surface area contributed by atoms with Crippen LogP contribution in [0, 0.1) is 0 Å². The van der Waals surface area contributed by atoms with Gasteiger partial charge in [-0.05, 0) is 37.1 Å². The van der Waals surface area contributed by atoms with E-state index in [-0.39, 0.29) is 6.61 Å². The van der Waals surface area contributed by atoms with Gasteiger partial charge in [0.25, 0.3) is 0 Å². The summed E-state index contributed by atoms with van der Waals surface area (Å²) in [6.45, 7) is 4.75. The lowest BCUT2D eigenvalue weighted by atomic mass is 10.1. The zero-order valence-electron chi connectivity index (χ0n) is 10.8. The van der Waals surface area contributed by atoms with Crippen molar-refractivity contribution >= 4 is 15.9 Å². The Morgan fingerprint density at radius 2 is 2.06 bits per heavy atom. The number of nitrogens with zero attached hydrogens (tertiary/aromatic N) is 1. The van der Waals surface area contributed by atoms with Crippen LogP contribution in [0.4, 0.5) is 0 Å². The summed E-state index contributed by atoms with van der Waals surface area (Å²) in [6, 6.07) is 7.76. The summed E-state index contributed by atoms with van der Waals surface area (Å²) in [7, 11) is 0. The minimum atomic E-state index is -0.444. The fraction of sp³-hybridized carbons (Fsp3) is 0.571. The van der Waals surface area contributed by atoms with E-state index in [1.807, 2.05) is 24.3 Å². The molecule has 0 amide bonds. The van der Waals surface area contributed by atoms with Crippen molar-refractivity contribution < 1.29 is 10.2 Å². The van der Waals surface area contributed by atoms with Crippen LogP contribution in [0.25, 0.3) is 0 Å². The van der Waals surface area contributed by atoms with Gasteiger partial charge < -0.3 is 15.1 Å². The maximum Gasteiger partial charge on any atom is 0.0802 e. The minimum absolute atomic E-state index is 0.174. The largest absolute Gasteiger partial charge is 0.395 e. The molecule has 0 saturated heterocycles. The molecular formula is C14H22BrNO2. The molecule has 0 aliphatic rings. The Morgan fingerprint density at radius 3 is 2.67 bits per heavy atom. The summed E-state index contributed by atoms with van der Waals surface area (Å²) in [4.78, 5) is 2.18. The molecule has 0 spiro atoms. The number of aliphatic hydroxyl groups is 2. The summed E-state index contributed by atoms with van der Waals surface area (Å²) in [5.41, 5.74) is 0.935. The van der Waals surface area contributed by atoms with Crippen LogP contribution in [-0.2, 0) is 0 Å². The fourth-order valence-corrected chi connectivity index (χ4v) is 2.40. The molecule has 4 heteroatoms. The first-order chi connectivity index (χ1) is 8.67. The van der Waals surface area contributed by atoms with Gasteiger partial charge in [-0.1, -0.05) is 35.0 Å². The second-order valence-electron chi connectivity index (χ2n) is 4.42. The van der Waals surface area contributed by atoms with E-state index in [2.05, 4.69) is 27.8 Å². The van der Waals surface area contributed by atoms with Crippen LogP contribution in [0.5, 0.6) is 0 Å². The van der Waals surface area contributed by atoms with Crippen molar-refractivity contribution in [2.45, 2.75) is 25.9 Å². The Kier molecular flexibility index (Phi) is 7.51. The fourth-order valence-electron chi connectivity index (χ4n) is 1.98. The van der Waals surface area contributed by atoms with Crippen LogP contribution < -0.4 is 0 Å². The number of halogens is 1. The summed E-state index contributed by atoms with van der Waals surface area (Å²) >= 11 is 3.41. The standard InChI is InChI=1S/C14H22BrNO2/c1-2-7-16(9-10-17)8-6-14(18)12-4-3-5-13(15)11-12/h3-5,11,14,17-18H,2,6-10H2,1H3. The van der Waals surface area contributed by atoms with Gasteiger partial charge in [-0.3, -0.25) is 0 Å². The third kappa shape index (κ3) is 5.48. The average Bonchev–Trinajstić information content (AvgIpc) is 2.36. The highest BCUT2D eigenvalue weighted by molar-refractivity contribution is 9.10. The highest BCUT2D eigenvalue weighted by Gasteiger charge is 2.10. The van der Waals surface area contributed by atoms with Crippen LogP contribution in [-0.4, -0.2) is 41.4 Å². The first kappa shape index (κ1) is 15.6. The molecule has 0 aliphatic heterocycles. The quantitative estimate of drug-likeness (QED) is 0.775. The Morgan fingerprint density at radius 1 is 1.28 bits per heavy atom. The highest BCUT2D eigenvalue weighted by atomic mass is 79.9. The lowest BCUT2D eigenvalue weighted by Crippen LogP contribution is -2.29. The van der Waals surface area contributed by atoms with Gasteiger partial charge in [-0.25, -0.2) is 0 Å². The SMILES string of the molecule is CCCN(CCO)CCC(O)c1cccc(Br)c1. The third-order valence-electron chi connectivity index (χ3n) is 2.91. The molecule has 102 valence electrons. The second-order valence-corrected chi connectivity index (χ2v) is 5.34. The summed E-state index contributed by atoms with van der Waals surface area (Å²) in [6.07, 6.45) is 1.31. The highest BCUT2D eigenvalue weighted by Crippen LogP contribution is 2.20. The summed E-state index contributed by atoms with van der Waals surface area (Å²) in [5, 5.41) is 19.1. The van der Waals surface area contributed by atoms with E-state index in [1.165, 1.54) is 0 Å². The molecule has 1 atom stereocenters. The number of benzene rings is 1. The van der Waals surface area contributed by atoms with Gasteiger partial charge >= 0.3 is 0 Å². The van der Waals surface area contributed by atoms with Gasteiger partial charge in [-0.2, -0.15) is 0 Å². The zero-order chi connectivity index (χ0) is 13.4. The van der Waals surface area contributed by atoms with Crippen molar-refractivity contribution in [3.63, 3.8) is 0 Å². The summed E-state index contributed by atoms with van der Waals surface area (Å²) < 4.78 is 0.986. The van der Waals surface area contributed by atoms with Crippen LogP contribution in [0.3, 0.4) is 0 Å². The minimum Gasteiger partial charge on any atom is -0.395 e. The maximum atomic E-state index is 10.1. The van der Waals surface area contributed by atoms with Gasteiger partial charge in [0.1, 0.15) is 0 Å². The smallest absolute Gasteiger partial charge is 0.0802 e. The molecule has 0 bridgehead atoms. The number of rotatable bonds is 8. The van der Waals surface area contributed by atoms with Crippen LogP contribution >= 0.6 is 15.9 Å². The first-order valence-electron chi connectivity index (χ1n) is 6.44. The van der Waals surface area contributed by atoms with Crippen molar-refractivity contribution in [2.75, 3.05) is 26.2 Å². The van der Waals surface area contributed by atoms with Crippen molar-refractivity contribution in [1.29, 1.82) is 0 Å². The van der Waals surface area contributed by atoms with Crippen LogP contribution in [0.15, 0.2) is 28.7 Å². The lowest BCUT2D eigenvalue weighted by molar-refractivity contribution is 0.131. The van der Waals surface area contributed by atoms with Gasteiger partial charge in [0.05, 0.1) is 12.7 Å². The van der Waals surface area contributed by atoms with Gasteiger partial charge in [0, 0.05) is 17.6 Å². The van der Waals surface area contributed by atoms with Crippen molar-refractivity contribution in [2.24, 2.45) is 0 Å². The van der Waals surface area contributed by atoms with E-state index in [0.717, 1.165) is 29.5 Å². The molecule has 1 aromatic carbocycles. The van der Waals surface area contributed by atoms with Crippen molar-refractivity contribution in [1.82, 2.24) is 4.90 Å². The van der Waals surface area contributed by atoms with E-state index in [4.69, 9.17) is 5.11 Å². The van der Waals surface area contributed by atoms with Crippen molar-refractivity contribution in [3.05, 3.63) is 34.3 Å². The summed E-state index contributed by atoms with van der Waals surface area (Å²) in [5.74, 6) is 0. The number of aliphatic hydroxyl groups excluding tert-OH is 2. The Hall–Kier alpha value is -0.420. The monoisotopic (exact) mass is 315 g/mol. The van der Waals surface area contributed by atoms with Gasteiger partial charge in [-0.15, -0.1) is 0 Å². The van der Waals surface area contributed by atoms with E-state index in [0.29, 0.717) is 13.0 Å². The lowest BCUT2D eigenvalue weighted by Gasteiger charge is -2.22. The predicted octanol–water partition coefficient (Wildman–Crippen LogP) is 2.58. The molecule has 0 saturated carbocycles. The topological polar surface area (TPSA) is 43.7 Å². The molecule has 2 N–H and O–H groups in total. The maximum absolute atomic E-state index is 10.1. The molecule has 0 fully saturated rings. The molecule has 1 aromatic rings. The molecule has 0 heterocycles. The normalized spacial score (nSPS) is 12.9. The Balaban J connectivity index is 2.46. The predicted molar refractivity (Wildman–Crippen MR) is 77.5 cm³/mol. The van der Waals surface area contributed by atoms with Crippen LogP contribution in [0.2, 0.25) is 0 Å². The number of hydrogen-bond donors (Lipinski definition) is 2. The Bertz CT molecular complexity index is 340. The zero-order valence-corrected chi connectivity index (χ0v) is 12.4. The van der Waals surface area contributed by atoms with Crippen LogP contribution in [0.1, 0.15) is 31.4 Å². The second kappa shape index (κ2) is 8.64. The van der Waals surface area contributed by atoms with E-state index < -0.39 is 6.10 Å². The van der Waals surface area contributed by atoms with E-state index in [9.17, 15) is 5.11 Å². The van der Waals surface area contributed by atoms with Gasteiger partial charge in [0.2, 0.25) is 0 Å². The Labute approximate surface area is 118 Å². The molecule has 0 aliphatic carbocycles. The first-order valence-corrected chi connectivity index (χ1v) is 7.23. The molecule has 0 aromatic heterocycles. The van der Waals surface area contributed by atoms with E-state index >= 15 is 0 Å². The molecular weight excluding hydrogens is 294 g/mol. The van der Waals surface area contributed by atoms with Crippen molar-refractivity contribution in [3.8, 4) is 0 Å². The molecule has 3 nitrogen and oxygen atoms in total. The van der Waals surface area contributed by atoms with E-state index in [1.54, 1.807) is 0 Å².